The first kappa shape index (κ1) is 53.4. The quantitative estimate of drug-likeness (QED) is 0.0497. The van der Waals surface area contributed by atoms with Crippen molar-refractivity contribution in [3.63, 3.8) is 0 Å². The number of nitrogens with zero attached hydrogens (tertiary/aromatic N) is 5. The van der Waals surface area contributed by atoms with E-state index in [9.17, 15) is 23.3 Å². The third-order valence-corrected chi connectivity index (χ3v) is 18.7. The van der Waals surface area contributed by atoms with Gasteiger partial charge in [-0.25, -0.2) is 18.1 Å². The Bertz CT molecular complexity index is 3190. The number of nitro benzene ring substituents is 1. The molecule has 6 aromatic rings. The molecule has 3 aliphatic heterocycles. The van der Waals surface area contributed by atoms with Gasteiger partial charge >= 0.3 is 0 Å². The van der Waals surface area contributed by atoms with Crippen molar-refractivity contribution in [2.24, 2.45) is 5.41 Å². The van der Waals surface area contributed by atoms with Crippen molar-refractivity contribution in [3.05, 3.63) is 142 Å². The molecule has 2 aromatic heterocycles. The second kappa shape index (κ2) is 23.0. The van der Waals surface area contributed by atoms with Crippen molar-refractivity contribution in [3.8, 4) is 17.2 Å². The molecule has 0 radical (unpaired) electrons. The molecule has 5 fully saturated rings. The number of hydrogen-bond donors (Lipinski definition) is 4. The van der Waals surface area contributed by atoms with Gasteiger partial charge in [0.1, 0.15) is 28.6 Å². The summed E-state index contributed by atoms with van der Waals surface area (Å²) in [6.07, 6.45) is 13.1. The Morgan fingerprint density at radius 1 is 0.872 bits per heavy atom. The summed E-state index contributed by atoms with van der Waals surface area (Å²) in [7, 11) is -2.88. The SMILES string of the molecule is COc1ccc(CN2CCN(C3CC4(CCN(c5ccc(C(=O)NS(=O)(=O)c6ccc(NC7CCC(NC8CCOCC8)CC7)c([N+](=O)[O-])c6)c(Oc6cnc7[nH]ccc7c6)c5)CC4)C3)[C@H](c3ccccc3C(C)C)C2)cc1. The lowest BCUT2D eigenvalue weighted by Gasteiger charge is -2.58. The van der Waals surface area contributed by atoms with Crippen LogP contribution < -0.4 is 29.7 Å². The van der Waals surface area contributed by atoms with Crippen molar-refractivity contribution in [2.75, 3.05) is 63.3 Å². The molecule has 5 heterocycles. The predicted octanol–water partition coefficient (Wildman–Crippen LogP) is 10.3. The highest BCUT2D eigenvalue weighted by atomic mass is 32.2. The number of carbonyl (C=O) groups is 1. The number of methoxy groups -OCH3 is 1. The van der Waals surface area contributed by atoms with Gasteiger partial charge < -0.3 is 34.7 Å². The van der Waals surface area contributed by atoms with Gasteiger partial charge in [-0.05, 0) is 141 Å². The molecule has 1 atom stereocenters. The van der Waals surface area contributed by atoms with Crippen LogP contribution in [0.4, 0.5) is 17.1 Å². The Morgan fingerprint density at radius 2 is 1.62 bits per heavy atom. The van der Waals surface area contributed by atoms with Crippen molar-refractivity contribution < 1.29 is 32.3 Å². The molecule has 17 nitrogen and oxygen atoms in total. The zero-order valence-electron chi connectivity index (χ0n) is 45.0. The minimum Gasteiger partial charge on any atom is -0.497 e. The number of hydrogen-bond acceptors (Lipinski definition) is 14. The minimum atomic E-state index is -4.58. The average Bonchev–Trinajstić information content (AvgIpc) is 4.04. The first-order valence-corrected chi connectivity index (χ1v) is 29.4. The van der Waals surface area contributed by atoms with Crippen molar-refractivity contribution in [1.82, 2.24) is 29.8 Å². The highest BCUT2D eigenvalue weighted by molar-refractivity contribution is 7.90. The first-order chi connectivity index (χ1) is 37.8. The number of piperidine rings is 1. The molecule has 4 aromatic carbocycles. The van der Waals surface area contributed by atoms with E-state index < -0.39 is 25.7 Å². The molecule has 5 aliphatic rings. The number of aromatic nitrogens is 2. The molecule has 18 heteroatoms. The molecule has 2 saturated carbocycles. The van der Waals surface area contributed by atoms with E-state index in [4.69, 9.17) is 14.2 Å². The van der Waals surface area contributed by atoms with Gasteiger partial charge in [0.15, 0.2) is 0 Å². The number of ether oxygens (including phenoxy) is 3. The number of nitrogens with one attached hydrogen (secondary N) is 4. The Labute approximate surface area is 457 Å². The number of piperazine rings is 1. The number of benzene rings is 4. The standard InChI is InChI=1S/C60H73N9O8S/c1-40(2)51-6-4-5-7-52(51)56-39-66(38-41-8-15-48(75-3)16-9-41)28-29-68(56)47-35-60(36-47)23-26-67(27-24-60)46-14-18-53(57(33-46)77-49-32-42-20-25-61-58(42)62-37-49)59(70)65-78(73,74)50-17-19-54(55(34-50)69(71)72)64-44-12-10-43(11-13-44)63-45-21-30-76-31-22-45/h4-9,14-20,25,32-34,37,40,43-45,47,56,63-64H,10-13,21-24,26-31,35-36,38-39H2,1-3H3,(H,61,62)(H,65,70)/t43?,44?,56-/m0/s1. The van der Waals surface area contributed by atoms with Gasteiger partial charge in [-0.3, -0.25) is 24.7 Å². The third kappa shape index (κ3) is 11.9. The number of carbonyl (C=O) groups excluding carboxylic acids is 1. The number of sulfonamides is 1. The summed E-state index contributed by atoms with van der Waals surface area (Å²) in [6.45, 7) is 11.6. The molecule has 0 unspecified atom stereocenters. The van der Waals surface area contributed by atoms with Crippen LogP contribution in [0.1, 0.15) is 117 Å². The van der Waals surface area contributed by atoms with Crippen LogP contribution in [-0.4, -0.2) is 116 Å². The van der Waals surface area contributed by atoms with Crippen LogP contribution in [0, 0.1) is 15.5 Å². The molecule has 3 saturated heterocycles. The summed E-state index contributed by atoms with van der Waals surface area (Å²) < 4.78 is 47.5. The number of H-pyrrole nitrogens is 1. The maximum absolute atomic E-state index is 14.2. The smallest absolute Gasteiger partial charge is 0.293 e. The van der Waals surface area contributed by atoms with Gasteiger partial charge in [0.05, 0.1) is 28.7 Å². The van der Waals surface area contributed by atoms with E-state index in [1.54, 1.807) is 37.7 Å². The van der Waals surface area contributed by atoms with E-state index in [0.717, 1.165) is 140 Å². The van der Waals surface area contributed by atoms with Crippen LogP contribution in [0.3, 0.4) is 0 Å². The molecule has 2 aliphatic carbocycles. The summed E-state index contributed by atoms with van der Waals surface area (Å²) in [5, 5.41) is 20.3. The van der Waals surface area contributed by atoms with Gasteiger partial charge in [-0.2, -0.15) is 0 Å². The topological polar surface area (TPSA) is 197 Å². The van der Waals surface area contributed by atoms with Crippen LogP contribution in [0.2, 0.25) is 0 Å². The maximum Gasteiger partial charge on any atom is 0.293 e. The molecule has 412 valence electrons. The Morgan fingerprint density at radius 3 is 2.36 bits per heavy atom. The van der Waals surface area contributed by atoms with Crippen LogP contribution in [0.5, 0.6) is 17.2 Å². The molecule has 4 N–H and O–H groups in total. The van der Waals surface area contributed by atoms with Crippen LogP contribution >= 0.6 is 0 Å². The van der Waals surface area contributed by atoms with E-state index in [-0.39, 0.29) is 34.1 Å². The van der Waals surface area contributed by atoms with Gasteiger partial charge in [-0.1, -0.05) is 50.2 Å². The molecule has 11 rings (SSSR count). The number of anilines is 2. The van der Waals surface area contributed by atoms with Gasteiger partial charge in [-0.15, -0.1) is 0 Å². The summed E-state index contributed by atoms with van der Waals surface area (Å²) in [5.74, 6) is 0.880. The normalized spacial score (nSPS) is 21.6. The Hall–Kier alpha value is -6.57. The lowest BCUT2D eigenvalue weighted by Crippen LogP contribution is -2.60. The van der Waals surface area contributed by atoms with Crippen LogP contribution in [-0.2, 0) is 21.3 Å². The number of aromatic amines is 1. The minimum absolute atomic E-state index is 0.00850. The lowest BCUT2D eigenvalue weighted by atomic mass is 9.59. The van der Waals surface area contributed by atoms with Crippen molar-refractivity contribution in [1.29, 1.82) is 0 Å². The van der Waals surface area contributed by atoms with E-state index >= 15 is 0 Å². The van der Waals surface area contributed by atoms with Gasteiger partial charge in [0.25, 0.3) is 21.6 Å². The van der Waals surface area contributed by atoms with Gasteiger partial charge in [0.2, 0.25) is 0 Å². The fourth-order valence-electron chi connectivity index (χ4n) is 13.0. The van der Waals surface area contributed by atoms with Crippen LogP contribution in [0.15, 0.2) is 114 Å². The fourth-order valence-corrected chi connectivity index (χ4v) is 13.9. The Balaban J connectivity index is 0.763. The number of amides is 1. The second-order valence-electron chi connectivity index (χ2n) is 22.7. The van der Waals surface area contributed by atoms with E-state index in [1.165, 1.54) is 28.8 Å². The largest absolute Gasteiger partial charge is 0.497 e. The monoisotopic (exact) mass is 1080 g/mol. The number of pyridine rings is 1. The fraction of sp³-hybridized carbons (Fsp3) is 0.467. The van der Waals surface area contributed by atoms with E-state index in [1.807, 2.05) is 24.3 Å². The zero-order chi connectivity index (χ0) is 54.0. The first-order valence-electron chi connectivity index (χ1n) is 27.9. The Kier molecular flexibility index (Phi) is 15.8. The molecular formula is C60H73N9O8S. The van der Waals surface area contributed by atoms with Crippen molar-refractivity contribution in [2.45, 2.75) is 126 Å². The average molecular weight is 1080 g/mol. The summed E-state index contributed by atoms with van der Waals surface area (Å²) in [6, 6.07) is 31.7. The molecule has 78 heavy (non-hydrogen) atoms. The zero-order valence-corrected chi connectivity index (χ0v) is 45.8. The predicted molar refractivity (Wildman–Crippen MR) is 302 cm³/mol. The van der Waals surface area contributed by atoms with Crippen molar-refractivity contribution >= 4 is 44.0 Å². The molecule has 1 spiro atoms. The van der Waals surface area contributed by atoms with Crippen LogP contribution in [0.25, 0.3) is 11.0 Å². The second-order valence-corrected chi connectivity index (χ2v) is 24.3. The summed E-state index contributed by atoms with van der Waals surface area (Å²) in [4.78, 5) is 41.0. The van der Waals surface area contributed by atoms with Gasteiger partial charge in [0, 0.05) is 112 Å². The lowest BCUT2D eigenvalue weighted by molar-refractivity contribution is -0.384. The summed E-state index contributed by atoms with van der Waals surface area (Å²) >= 11 is 0. The highest BCUT2D eigenvalue weighted by Crippen LogP contribution is 2.53. The van der Waals surface area contributed by atoms with E-state index in [0.29, 0.717) is 41.5 Å². The third-order valence-electron chi connectivity index (χ3n) is 17.3. The molecular weight excluding hydrogens is 1010 g/mol. The molecule has 0 bridgehead atoms. The molecule has 1 amide bonds. The summed E-state index contributed by atoms with van der Waals surface area (Å²) in [5.41, 5.74) is 5.74. The van der Waals surface area contributed by atoms with E-state index in [2.05, 4.69) is 90.3 Å². The number of nitro groups is 1. The maximum atomic E-state index is 14.2. The number of fused-ring (bicyclic) bond motifs is 1. The number of rotatable bonds is 17. The highest BCUT2D eigenvalue weighted by Gasteiger charge is 2.50.